The first-order valence-corrected chi connectivity index (χ1v) is 12.5. The third-order valence-electron chi connectivity index (χ3n) is 7.85. The van der Waals surface area contributed by atoms with E-state index in [-0.39, 0.29) is 22.4 Å². The molecule has 35 heavy (non-hydrogen) atoms. The number of imidazole rings is 1. The third-order valence-corrected chi connectivity index (χ3v) is 7.85. The fourth-order valence-electron chi connectivity index (χ4n) is 5.90. The highest BCUT2D eigenvalue weighted by Crippen LogP contribution is 2.50. The van der Waals surface area contributed by atoms with Crippen molar-refractivity contribution in [1.29, 1.82) is 0 Å². The highest BCUT2D eigenvalue weighted by Gasteiger charge is 2.50. The summed E-state index contributed by atoms with van der Waals surface area (Å²) in [6, 6.07) is 8.61. The Balaban J connectivity index is 1.22. The molecule has 186 valence electrons. The van der Waals surface area contributed by atoms with Crippen LogP contribution in [0.3, 0.4) is 0 Å². The van der Waals surface area contributed by atoms with E-state index in [4.69, 9.17) is 4.74 Å². The summed E-state index contributed by atoms with van der Waals surface area (Å²) in [5, 5.41) is 12.1. The Labute approximate surface area is 207 Å². The number of aromatic nitrogens is 2. The summed E-state index contributed by atoms with van der Waals surface area (Å²) in [5.74, 6) is 0.926. The van der Waals surface area contributed by atoms with E-state index in [0.717, 1.165) is 61.7 Å². The van der Waals surface area contributed by atoms with Crippen LogP contribution in [0.25, 0.3) is 5.69 Å². The molecule has 2 fully saturated rings. The second-order valence-corrected chi connectivity index (χ2v) is 10.7. The molecule has 0 radical (unpaired) electrons. The van der Waals surface area contributed by atoms with Crippen molar-refractivity contribution in [2.24, 2.45) is 11.8 Å². The number of benzene rings is 1. The molecular formula is C27H35N5O3. The van der Waals surface area contributed by atoms with Gasteiger partial charge in [0.15, 0.2) is 0 Å². The first kappa shape index (κ1) is 23.8. The van der Waals surface area contributed by atoms with Crippen LogP contribution in [0.15, 0.2) is 65.6 Å². The van der Waals surface area contributed by atoms with Crippen LogP contribution >= 0.6 is 0 Å². The van der Waals surface area contributed by atoms with Gasteiger partial charge in [-0.1, -0.05) is 12.1 Å². The predicted octanol–water partition coefficient (Wildman–Crippen LogP) is 4.26. The van der Waals surface area contributed by atoms with Crippen LogP contribution in [0.5, 0.6) is 0 Å². The molecule has 3 heterocycles. The molecule has 0 amide bonds. The van der Waals surface area contributed by atoms with E-state index >= 15 is 0 Å². The van der Waals surface area contributed by atoms with Crippen molar-refractivity contribution in [3.8, 4) is 5.69 Å². The van der Waals surface area contributed by atoms with Gasteiger partial charge in [0.2, 0.25) is 0 Å². The SMILES string of the molecule is CC1=C2OC(C)(C)CC2C(CN2CCN(Cc3ccc(-n4ccnc4)cc3)CC2)C([N+](=O)[O-])=C1C. The monoisotopic (exact) mass is 477 g/mol. The fraction of sp³-hybridized carbons (Fsp3) is 0.519. The lowest BCUT2D eigenvalue weighted by Crippen LogP contribution is -2.48. The standard InChI is InChI=1S/C27H35N5O3/c1-19-20(2)26-23(15-27(3,4)35-26)24(25(19)32(33)34)17-30-13-11-29(12-14-30)16-21-5-7-22(8-6-21)31-10-9-28-18-31/h5-10,18,23-24H,11-17H2,1-4H3. The molecule has 0 N–H and O–H groups in total. The number of nitrogens with zero attached hydrogens (tertiary/aromatic N) is 5. The van der Waals surface area contributed by atoms with E-state index in [1.807, 2.05) is 24.6 Å². The van der Waals surface area contributed by atoms with E-state index in [1.54, 1.807) is 12.5 Å². The van der Waals surface area contributed by atoms with Gasteiger partial charge in [-0.05, 0) is 57.4 Å². The Kier molecular flexibility index (Phi) is 6.27. The van der Waals surface area contributed by atoms with Gasteiger partial charge in [0, 0.05) is 68.8 Å². The molecular weight excluding hydrogens is 442 g/mol. The Morgan fingerprint density at radius 2 is 1.77 bits per heavy atom. The normalized spacial score (nSPS) is 25.0. The lowest BCUT2D eigenvalue weighted by atomic mass is 9.76. The zero-order chi connectivity index (χ0) is 24.7. The summed E-state index contributed by atoms with van der Waals surface area (Å²) in [7, 11) is 0. The summed E-state index contributed by atoms with van der Waals surface area (Å²) in [6.45, 7) is 13.4. The number of allylic oxidation sites excluding steroid dienone is 3. The molecule has 8 heteroatoms. The van der Waals surface area contributed by atoms with Crippen LogP contribution in [0.4, 0.5) is 0 Å². The molecule has 0 saturated carbocycles. The number of fused-ring (bicyclic) bond motifs is 1. The van der Waals surface area contributed by atoms with Crippen molar-refractivity contribution in [1.82, 2.24) is 19.4 Å². The lowest BCUT2D eigenvalue weighted by molar-refractivity contribution is -0.437. The van der Waals surface area contributed by atoms with E-state index in [0.29, 0.717) is 12.2 Å². The van der Waals surface area contributed by atoms with Gasteiger partial charge in [-0.25, -0.2) is 4.98 Å². The molecule has 0 spiro atoms. The minimum Gasteiger partial charge on any atom is -0.492 e. The van der Waals surface area contributed by atoms with Crippen LogP contribution in [-0.4, -0.2) is 62.6 Å². The molecule has 0 bridgehead atoms. The van der Waals surface area contributed by atoms with E-state index in [2.05, 4.69) is 52.9 Å². The number of rotatable bonds is 6. The van der Waals surface area contributed by atoms with Gasteiger partial charge < -0.3 is 9.30 Å². The average Bonchev–Trinajstić information content (AvgIpc) is 3.47. The summed E-state index contributed by atoms with van der Waals surface area (Å²) in [5.41, 5.74) is 4.24. The van der Waals surface area contributed by atoms with Crippen LogP contribution in [0.2, 0.25) is 0 Å². The molecule has 2 aliphatic heterocycles. The van der Waals surface area contributed by atoms with Gasteiger partial charge in [0.25, 0.3) is 5.70 Å². The van der Waals surface area contributed by atoms with Gasteiger partial charge in [0.05, 0.1) is 17.2 Å². The summed E-state index contributed by atoms with van der Waals surface area (Å²) in [6.07, 6.45) is 6.36. The topological polar surface area (TPSA) is 76.7 Å². The van der Waals surface area contributed by atoms with Gasteiger partial charge >= 0.3 is 0 Å². The molecule has 2 saturated heterocycles. The molecule has 1 aliphatic carbocycles. The van der Waals surface area contributed by atoms with Crippen molar-refractivity contribution < 1.29 is 9.66 Å². The number of hydrogen-bond acceptors (Lipinski definition) is 6. The van der Waals surface area contributed by atoms with Crippen LogP contribution in [0.1, 0.15) is 39.7 Å². The van der Waals surface area contributed by atoms with Gasteiger partial charge in [-0.3, -0.25) is 19.9 Å². The van der Waals surface area contributed by atoms with Crippen LogP contribution < -0.4 is 0 Å². The highest BCUT2D eigenvalue weighted by atomic mass is 16.6. The molecule has 2 unspecified atom stereocenters. The largest absolute Gasteiger partial charge is 0.492 e. The van der Waals surface area contributed by atoms with E-state index in [1.165, 1.54) is 5.56 Å². The number of ether oxygens (including phenoxy) is 1. The second-order valence-electron chi connectivity index (χ2n) is 10.7. The number of nitro groups is 1. The Morgan fingerprint density at radius 3 is 2.40 bits per heavy atom. The smallest absolute Gasteiger partial charge is 0.254 e. The van der Waals surface area contributed by atoms with Gasteiger partial charge in [-0.15, -0.1) is 0 Å². The summed E-state index contributed by atoms with van der Waals surface area (Å²) in [4.78, 5) is 21.0. The zero-order valence-corrected chi connectivity index (χ0v) is 21.1. The van der Waals surface area contributed by atoms with Crippen LogP contribution in [0, 0.1) is 22.0 Å². The maximum Gasteiger partial charge on any atom is 0.254 e. The maximum atomic E-state index is 12.1. The van der Waals surface area contributed by atoms with E-state index < -0.39 is 0 Å². The molecule has 3 aliphatic rings. The minimum absolute atomic E-state index is 0.0844. The second kappa shape index (κ2) is 9.24. The number of piperazine rings is 1. The van der Waals surface area contributed by atoms with E-state index in [9.17, 15) is 10.1 Å². The first-order chi connectivity index (χ1) is 16.7. The zero-order valence-electron chi connectivity index (χ0n) is 21.1. The van der Waals surface area contributed by atoms with Crippen molar-refractivity contribution in [3.63, 3.8) is 0 Å². The minimum atomic E-state index is -0.280. The van der Waals surface area contributed by atoms with Gasteiger partial charge in [0.1, 0.15) is 11.4 Å². The number of hydrogen-bond donors (Lipinski definition) is 0. The van der Waals surface area contributed by atoms with Crippen molar-refractivity contribution in [3.05, 3.63) is 81.3 Å². The average molecular weight is 478 g/mol. The molecule has 1 aromatic heterocycles. The maximum absolute atomic E-state index is 12.1. The van der Waals surface area contributed by atoms with Crippen molar-refractivity contribution in [2.75, 3.05) is 32.7 Å². The van der Waals surface area contributed by atoms with Crippen LogP contribution in [-0.2, 0) is 11.3 Å². The predicted molar refractivity (Wildman–Crippen MR) is 134 cm³/mol. The molecule has 2 atom stereocenters. The van der Waals surface area contributed by atoms with Crippen molar-refractivity contribution in [2.45, 2.75) is 46.3 Å². The molecule has 8 nitrogen and oxygen atoms in total. The Hall–Kier alpha value is -2.97. The Bertz CT molecular complexity index is 1140. The molecule has 1 aromatic carbocycles. The summed E-state index contributed by atoms with van der Waals surface area (Å²) >= 11 is 0. The highest BCUT2D eigenvalue weighted by molar-refractivity contribution is 5.40. The fourth-order valence-corrected chi connectivity index (χ4v) is 5.90. The van der Waals surface area contributed by atoms with Gasteiger partial charge in [-0.2, -0.15) is 0 Å². The van der Waals surface area contributed by atoms with Crippen molar-refractivity contribution >= 4 is 0 Å². The third kappa shape index (κ3) is 4.77. The first-order valence-electron chi connectivity index (χ1n) is 12.5. The molecule has 5 rings (SSSR count). The lowest BCUT2D eigenvalue weighted by Gasteiger charge is -2.38. The molecule has 2 aromatic rings. The summed E-state index contributed by atoms with van der Waals surface area (Å²) < 4.78 is 8.29. The Morgan fingerprint density at radius 1 is 1.09 bits per heavy atom. The quantitative estimate of drug-likeness (QED) is 0.457.